The van der Waals surface area contributed by atoms with Gasteiger partial charge in [0.05, 0.1) is 10.9 Å². The second-order valence-corrected chi connectivity index (χ2v) is 6.46. The lowest BCUT2D eigenvalue weighted by Gasteiger charge is -2.10. The van der Waals surface area contributed by atoms with Gasteiger partial charge in [-0.15, -0.1) is 10.2 Å². The number of anilines is 1. The first-order valence-corrected chi connectivity index (χ1v) is 8.57. The SMILES string of the molecule is CCc1nnc(NC(=O)c2nn(CC)c3ccc(Cl)cc3c2=O)s1. The summed E-state index contributed by atoms with van der Waals surface area (Å²) in [6.45, 7) is 4.34. The van der Waals surface area contributed by atoms with E-state index < -0.39 is 11.3 Å². The number of aromatic nitrogens is 4. The number of nitrogens with zero attached hydrogens (tertiary/aromatic N) is 4. The van der Waals surface area contributed by atoms with Gasteiger partial charge in [-0.3, -0.25) is 19.6 Å². The first-order chi connectivity index (χ1) is 11.5. The molecule has 1 amide bonds. The molecule has 0 aliphatic rings. The van der Waals surface area contributed by atoms with Gasteiger partial charge >= 0.3 is 0 Å². The van der Waals surface area contributed by atoms with Gasteiger partial charge in [-0.1, -0.05) is 29.9 Å². The highest BCUT2D eigenvalue weighted by Crippen LogP contribution is 2.18. The fourth-order valence-corrected chi connectivity index (χ4v) is 3.10. The number of amides is 1. The van der Waals surface area contributed by atoms with Gasteiger partial charge in [-0.2, -0.15) is 5.10 Å². The molecular weight excluding hydrogens is 350 g/mol. The Balaban J connectivity index is 2.06. The van der Waals surface area contributed by atoms with Crippen LogP contribution in [-0.4, -0.2) is 25.9 Å². The number of carbonyl (C=O) groups is 1. The van der Waals surface area contributed by atoms with Crippen molar-refractivity contribution in [3.05, 3.63) is 44.1 Å². The van der Waals surface area contributed by atoms with Crippen LogP contribution in [0.25, 0.3) is 10.9 Å². The van der Waals surface area contributed by atoms with E-state index in [1.54, 1.807) is 22.9 Å². The maximum absolute atomic E-state index is 12.6. The zero-order valence-electron chi connectivity index (χ0n) is 13.0. The Morgan fingerprint density at radius 2 is 2.12 bits per heavy atom. The van der Waals surface area contributed by atoms with Crippen molar-refractivity contribution in [2.75, 3.05) is 5.32 Å². The van der Waals surface area contributed by atoms with Gasteiger partial charge in [0.15, 0.2) is 5.69 Å². The molecule has 1 N–H and O–H groups in total. The van der Waals surface area contributed by atoms with Gasteiger partial charge in [0.1, 0.15) is 5.01 Å². The van der Waals surface area contributed by atoms with Crippen LogP contribution in [0.3, 0.4) is 0 Å². The van der Waals surface area contributed by atoms with E-state index in [-0.39, 0.29) is 5.69 Å². The third-order valence-corrected chi connectivity index (χ3v) is 4.64. The molecule has 7 nitrogen and oxygen atoms in total. The normalized spacial score (nSPS) is 11.0. The molecule has 2 aromatic heterocycles. The molecule has 0 saturated heterocycles. The van der Waals surface area contributed by atoms with Crippen LogP contribution in [0.1, 0.15) is 29.3 Å². The van der Waals surface area contributed by atoms with Crippen LogP contribution in [0, 0.1) is 0 Å². The second-order valence-electron chi connectivity index (χ2n) is 4.96. The summed E-state index contributed by atoms with van der Waals surface area (Å²) in [5.74, 6) is -0.608. The van der Waals surface area contributed by atoms with E-state index in [1.807, 2.05) is 13.8 Å². The number of hydrogen-bond donors (Lipinski definition) is 1. The molecule has 24 heavy (non-hydrogen) atoms. The van der Waals surface area contributed by atoms with Crippen LogP contribution in [0.15, 0.2) is 23.0 Å². The van der Waals surface area contributed by atoms with Gasteiger partial charge < -0.3 is 0 Å². The van der Waals surface area contributed by atoms with Crippen molar-refractivity contribution >= 4 is 44.9 Å². The number of benzene rings is 1. The third kappa shape index (κ3) is 3.02. The van der Waals surface area contributed by atoms with Crippen molar-refractivity contribution in [3.63, 3.8) is 0 Å². The van der Waals surface area contributed by atoms with Crippen molar-refractivity contribution in [1.29, 1.82) is 0 Å². The smallest absolute Gasteiger partial charge is 0.282 e. The molecule has 3 rings (SSSR count). The second kappa shape index (κ2) is 6.66. The maximum Gasteiger partial charge on any atom is 0.282 e. The van der Waals surface area contributed by atoms with Crippen molar-refractivity contribution in [2.24, 2.45) is 0 Å². The van der Waals surface area contributed by atoms with Gasteiger partial charge in [-0.25, -0.2) is 0 Å². The molecule has 3 aromatic rings. The van der Waals surface area contributed by atoms with Crippen LogP contribution >= 0.6 is 22.9 Å². The molecule has 1 aromatic carbocycles. The third-order valence-electron chi connectivity index (χ3n) is 3.42. The van der Waals surface area contributed by atoms with Crippen LogP contribution in [0.2, 0.25) is 5.02 Å². The standard InChI is InChI=1S/C15H14ClN5O2S/c1-3-11-18-19-15(24-11)17-14(23)12-13(22)9-7-8(16)5-6-10(9)21(4-2)20-12/h5-7H,3-4H2,1-2H3,(H,17,19,23). The van der Waals surface area contributed by atoms with Gasteiger partial charge in [0.2, 0.25) is 10.6 Å². The average Bonchev–Trinajstić information content (AvgIpc) is 3.03. The molecule has 0 aliphatic heterocycles. The summed E-state index contributed by atoms with van der Waals surface area (Å²) in [6, 6.07) is 4.95. The molecule has 0 saturated carbocycles. The fraction of sp³-hybridized carbons (Fsp3) is 0.267. The van der Waals surface area contributed by atoms with E-state index in [9.17, 15) is 9.59 Å². The first kappa shape index (κ1) is 16.5. The summed E-state index contributed by atoms with van der Waals surface area (Å²) in [5, 5.41) is 16.5. The summed E-state index contributed by atoms with van der Waals surface area (Å²) in [5.41, 5.74) is -0.0255. The van der Waals surface area contributed by atoms with E-state index in [1.165, 1.54) is 11.3 Å². The van der Waals surface area contributed by atoms with Crippen LogP contribution in [0.4, 0.5) is 5.13 Å². The maximum atomic E-state index is 12.6. The molecule has 9 heteroatoms. The topological polar surface area (TPSA) is 89.8 Å². The predicted octanol–water partition coefficient (Wildman–Crippen LogP) is 2.74. The molecule has 0 fully saturated rings. The number of fused-ring (bicyclic) bond motifs is 1. The van der Waals surface area contributed by atoms with Gasteiger partial charge in [-0.05, 0) is 31.5 Å². The Kier molecular flexibility index (Phi) is 4.59. The van der Waals surface area contributed by atoms with E-state index >= 15 is 0 Å². The largest absolute Gasteiger partial charge is 0.295 e. The number of halogens is 1. The average molecular weight is 364 g/mol. The number of rotatable bonds is 4. The minimum absolute atomic E-state index is 0.195. The van der Waals surface area contributed by atoms with E-state index in [0.29, 0.717) is 27.6 Å². The van der Waals surface area contributed by atoms with Crippen molar-refractivity contribution in [1.82, 2.24) is 20.0 Å². The zero-order valence-corrected chi connectivity index (χ0v) is 14.6. The highest BCUT2D eigenvalue weighted by atomic mass is 35.5. The minimum Gasteiger partial charge on any atom is -0.295 e. The van der Waals surface area contributed by atoms with Crippen LogP contribution in [0.5, 0.6) is 0 Å². The molecule has 124 valence electrons. The van der Waals surface area contributed by atoms with E-state index in [4.69, 9.17) is 11.6 Å². The summed E-state index contributed by atoms with van der Waals surface area (Å²) in [4.78, 5) is 25.1. The molecule has 0 bridgehead atoms. The summed E-state index contributed by atoms with van der Waals surface area (Å²) >= 11 is 7.25. The summed E-state index contributed by atoms with van der Waals surface area (Å²) in [6.07, 6.45) is 0.725. The zero-order chi connectivity index (χ0) is 17.3. The number of carbonyl (C=O) groups excluding carboxylic acids is 1. The van der Waals surface area contributed by atoms with Crippen molar-refractivity contribution in [3.8, 4) is 0 Å². The van der Waals surface area contributed by atoms with Gasteiger partial charge in [0.25, 0.3) is 5.91 Å². The van der Waals surface area contributed by atoms with Crippen LogP contribution < -0.4 is 10.7 Å². The summed E-state index contributed by atoms with van der Waals surface area (Å²) < 4.78 is 1.60. The lowest BCUT2D eigenvalue weighted by Crippen LogP contribution is -2.27. The summed E-state index contributed by atoms with van der Waals surface area (Å²) in [7, 11) is 0. The van der Waals surface area contributed by atoms with Crippen LogP contribution in [-0.2, 0) is 13.0 Å². The molecule has 0 atom stereocenters. The molecule has 0 unspecified atom stereocenters. The predicted molar refractivity (Wildman–Crippen MR) is 93.9 cm³/mol. The van der Waals surface area contributed by atoms with Crippen molar-refractivity contribution in [2.45, 2.75) is 26.8 Å². The quantitative estimate of drug-likeness (QED) is 0.769. The lowest BCUT2D eigenvalue weighted by atomic mass is 10.2. The van der Waals surface area contributed by atoms with Crippen molar-refractivity contribution < 1.29 is 4.79 Å². The van der Waals surface area contributed by atoms with E-state index in [0.717, 1.165) is 11.4 Å². The molecule has 0 aliphatic carbocycles. The highest BCUT2D eigenvalue weighted by molar-refractivity contribution is 7.15. The molecular formula is C15H14ClN5O2S. The highest BCUT2D eigenvalue weighted by Gasteiger charge is 2.19. The Labute approximate surface area is 146 Å². The molecule has 2 heterocycles. The monoisotopic (exact) mass is 363 g/mol. The Hall–Kier alpha value is -2.32. The number of hydrogen-bond acceptors (Lipinski definition) is 6. The molecule has 0 radical (unpaired) electrons. The fourth-order valence-electron chi connectivity index (χ4n) is 2.26. The Bertz CT molecular complexity index is 982. The minimum atomic E-state index is -0.608. The molecule has 0 spiro atoms. The number of nitrogens with one attached hydrogen (secondary N) is 1. The lowest BCUT2D eigenvalue weighted by molar-refractivity contribution is 0.101. The first-order valence-electron chi connectivity index (χ1n) is 7.37. The van der Waals surface area contributed by atoms with Gasteiger partial charge in [0, 0.05) is 11.6 Å². The Morgan fingerprint density at radius 1 is 1.33 bits per heavy atom. The van der Waals surface area contributed by atoms with E-state index in [2.05, 4.69) is 20.6 Å². The number of aryl methyl sites for hydroxylation is 2. The Morgan fingerprint density at radius 3 is 2.79 bits per heavy atom.